The van der Waals surface area contributed by atoms with Gasteiger partial charge in [-0.3, -0.25) is 14.9 Å². The Labute approximate surface area is 146 Å². The lowest BCUT2D eigenvalue weighted by molar-refractivity contribution is -0.385. The molecular weight excluding hydrogens is 348 g/mol. The molecular formula is C15H22N4O5S. The molecule has 1 heterocycles. The third kappa shape index (κ3) is 4.14. The Hall–Kier alpha value is -2.04. The number of nitrogens with zero attached hydrogens (tertiary/aromatic N) is 3. The monoisotopic (exact) mass is 370 g/mol. The number of hydrogen-bond acceptors (Lipinski definition) is 6. The first kappa shape index (κ1) is 19.3. The summed E-state index contributed by atoms with van der Waals surface area (Å²) in [5, 5.41) is 14.1. The van der Waals surface area contributed by atoms with Crippen LogP contribution in [0.2, 0.25) is 0 Å². The fraction of sp³-hybridized carbons (Fsp3) is 0.533. The highest BCUT2D eigenvalue weighted by molar-refractivity contribution is 7.89. The summed E-state index contributed by atoms with van der Waals surface area (Å²) < 4.78 is 26.1. The van der Waals surface area contributed by atoms with Crippen molar-refractivity contribution in [3.05, 3.63) is 34.4 Å². The molecule has 1 saturated heterocycles. The molecule has 1 aliphatic rings. The van der Waals surface area contributed by atoms with Crippen molar-refractivity contribution in [1.29, 1.82) is 0 Å². The number of nitro benzene ring substituents is 1. The van der Waals surface area contributed by atoms with Gasteiger partial charge >= 0.3 is 0 Å². The summed E-state index contributed by atoms with van der Waals surface area (Å²) >= 11 is 0. The van der Waals surface area contributed by atoms with Crippen LogP contribution >= 0.6 is 0 Å². The number of carbonyl (C=O) groups is 1. The van der Waals surface area contributed by atoms with E-state index < -0.39 is 14.9 Å². The van der Waals surface area contributed by atoms with Gasteiger partial charge in [-0.2, -0.15) is 4.31 Å². The van der Waals surface area contributed by atoms with Crippen LogP contribution < -0.4 is 5.32 Å². The second-order valence-corrected chi connectivity index (χ2v) is 8.13. The molecule has 2 unspecified atom stereocenters. The van der Waals surface area contributed by atoms with Gasteiger partial charge in [-0.05, 0) is 19.9 Å². The average Bonchev–Trinajstić information content (AvgIpc) is 2.57. The number of hydrogen-bond donors (Lipinski definition) is 1. The molecule has 1 amide bonds. The van der Waals surface area contributed by atoms with Crippen LogP contribution in [0.5, 0.6) is 0 Å². The minimum atomic E-state index is -3.99. The van der Waals surface area contributed by atoms with E-state index in [4.69, 9.17) is 0 Å². The number of rotatable bonds is 5. The predicted octanol–water partition coefficient (Wildman–Crippen LogP) is 0.424. The van der Waals surface area contributed by atoms with Gasteiger partial charge in [0.05, 0.1) is 16.4 Å². The van der Waals surface area contributed by atoms with Gasteiger partial charge in [0.1, 0.15) is 0 Å². The zero-order valence-corrected chi connectivity index (χ0v) is 15.2. The molecule has 10 heteroatoms. The zero-order valence-electron chi connectivity index (χ0n) is 14.4. The van der Waals surface area contributed by atoms with Crippen molar-refractivity contribution in [1.82, 2.24) is 14.5 Å². The largest absolute Gasteiger partial charge is 0.336 e. The van der Waals surface area contributed by atoms with E-state index in [1.807, 2.05) is 13.8 Å². The van der Waals surface area contributed by atoms with Crippen LogP contribution in [0.25, 0.3) is 0 Å². The lowest BCUT2D eigenvalue weighted by atomic mass is 10.1. The third-order valence-electron chi connectivity index (χ3n) is 4.45. The molecule has 0 bridgehead atoms. The molecule has 0 saturated carbocycles. The first-order chi connectivity index (χ1) is 11.6. The lowest BCUT2D eigenvalue weighted by Crippen LogP contribution is -2.58. The van der Waals surface area contributed by atoms with Crippen molar-refractivity contribution in [2.24, 2.45) is 0 Å². The second kappa shape index (κ2) is 7.46. The molecule has 1 fully saturated rings. The number of likely N-dealkylation sites (N-methyl/N-ethyl adjacent to an activating group) is 1. The van der Waals surface area contributed by atoms with Crippen LogP contribution in [-0.2, 0) is 14.8 Å². The molecule has 0 spiro atoms. The number of benzene rings is 1. The minimum absolute atomic E-state index is 0.0461. The van der Waals surface area contributed by atoms with Gasteiger partial charge in [-0.15, -0.1) is 0 Å². The summed E-state index contributed by atoms with van der Waals surface area (Å²) in [7, 11) is -2.70. The zero-order chi connectivity index (χ0) is 18.8. The standard InChI is InChI=1S/C15H22N4O5S/c1-11-12(2)18(8-7-16-11)15(20)10-17(3)25(23,24)14-6-4-5-13(9-14)19(21)22/h4-6,9,11-12,16H,7-8,10H2,1-3H3. The van der Waals surface area contributed by atoms with Gasteiger partial charge in [-0.1, -0.05) is 6.07 Å². The van der Waals surface area contributed by atoms with Gasteiger partial charge in [0, 0.05) is 44.4 Å². The number of non-ortho nitro benzene ring substituents is 1. The van der Waals surface area contributed by atoms with Crippen molar-refractivity contribution in [2.75, 3.05) is 26.7 Å². The maximum atomic E-state index is 12.6. The summed E-state index contributed by atoms with van der Waals surface area (Å²) in [6.45, 7) is 4.72. The molecule has 1 aromatic rings. The second-order valence-electron chi connectivity index (χ2n) is 6.09. The molecule has 9 nitrogen and oxygen atoms in total. The summed E-state index contributed by atoms with van der Waals surface area (Å²) in [6.07, 6.45) is 0. The predicted molar refractivity (Wildman–Crippen MR) is 91.6 cm³/mol. The van der Waals surface area contributed by atoms with Crippen molar-refractivity contribution in [2.45, 2.75) is 30.8 Å². The van der Waals surface area contributed by atoms with E-state index in [2.05, 4.69) is 5.32 Å². The van der Waals surface area contributed by atoms with Gasteiger partial charge in [0.2, 0.25) is 15.9 Å². The van der Waals surface area contributed by atoms with Crippen molar-refractivity contribution >= 4 is 21.6 Å². The molecule has 1 aromatic carbocycles. The highest BCUT2D eigenvalue weighted by Crippen LogP contribution is 2.20. The van der Waals surface area contributed by atoms with Crippen molar-refractivity contribution < 1.29 is 18.1 Å². The van der Waals surface area contributed by atoms with Gasteiger partial charge in [-0.25, -0.2) is 8.42 Å². The fourth-order valence-corrected chi connectivity index (χ4v) is 3.87. The SMILES string of the molecule is CC1NCCN(C(=O)CN(C)S(=O)(=O)c2cccc([N+](=O)[O-])c2)C1C. The van der Waals surface area contributed by atoms with Crippen molar-refractivity contribution in [3.63, 3.8) is 0 Å². The van der Waals surface area contributed by atoms with Gasteiger partial charge in [0.25, 0.3) is 5.69 Å². The Morgan fingerprint density at radius 2 is 2.12 bits per heavy atom. The lowest BCUT2D eigenvalue weighted by Gasteiger charge is -2.39. The van der Waals surface area contributed by atoms with Crippen LogP contribution in [0.1, 0.15) is 13.8 Å². The van der Waals surface area contributed by atoms with Gasteiger partial charge in [0.15, 0.2) is 0 Å². The summed E-state index contributed by atoms with van der Waals surface area (Å²) in [5.74, 6) is -0.294. The number of carbonyl (C=O) groups excluding carboxylic acids is 1. The number of amides is 1. The van der Waals surface area contributed by atoms with Crippen LogP contribution in [0.3, 0.4) is 0 Å². The first-order valence-corrected chi connectivity index (χ1v) is 9.32. The molecule has 2 atom stereocenters. The fourth-order valence-electron chi connectivity index (χ4n) is 2.71. The topological polar surface area (TPSA) is 113 Å². The van der Waals surface area contributed by atoms with Crippen LogP contribution in [-0.4, -0.2) is 67.2 Å². The van der Waals surface area contributed by atoms with E-state index in [1.165, 1.54) is 25.2 Å². The van der Waals surface area contributed by atoms with E-state index in [0.717, 1.165) is 10.4 Å². The minimum Gasteiger partial charge on any atom is -0.336 e. The highest BCUT2D eigenvalue weighted by Gasteiger charge is 2.31. The summed E-state index contributed by atoms with van der Waals surface area (Å²) in [6, 6.07) is 4.87. The highest BCUT2D eigenvalue weighted by atomic mass is 32.2. The Morgan fingerprint density at radius 1 is 1.44 bits per heavy atom. The number of nitro groups is 1. The molecule has 0 aromatic heterocycles. The van der Waals surface area contributed by atoms with E-state index in [0.29, 0.717) is 13.1 Å². The van der Waals surface area contributed by atoms with Crippen LogP contribution in [0.4, 0.5) is 5.69 Å². The summed E-state index contributed by atoms with van der Waals surface area (Å²) in [5.41, 5.74) is -0.314. The maximum absolute atomic E-state index is 12.6. The molecule has 1 N–H and O–H groups in total. The third-order valence-corrected chi connectivity index (χ3v) is 6.25. The van der Waals surface area contributed by atoms with E-state index >= 15 is 0 Å². The normalized spacial score (nSPS) is 21.4. The molecule has 138 valence electrons. The molecule has 2 rings (SSSR count). The molecule has 0 aliphatic carbocycles. The van der Waals surface area contributed by atoms with E-state index in [1.54, 1.807) is 4.90 Å². The molecule has 0 radical (unpaired) electrons. The Bertz CT molecular complexity index is 767. The first-order valence-electron chi connectivity index (χ1n) is 7.88. The molecule has 25 heavy (non-hydrogen) atoms. The number of sulfonamides is 1. The Kier molecular flexibility index (Phi) is 5.76. The number of piperazine rings is 1. The van der Waals surface area contributed by atoms with Crippen molar-refractivity contribution in [3.8, 4) is 0 Å². The maximum Gasteiger partial charge on any atom is 0.270 e. The smallest absolute Gasteiger partial charge is 0.270 e. The Morgan fingerprint density at radius 3 is 2.76 bits per heavy atom. The van der Waals surface area contributed by atoms with Gasteiger partial charge < -0.3 is 10.2 Å². The van der Waals surface area contributed by atoms with E-state index in [9.17, 15) is 23.3 Å². The average molecular weight is 370 g/mol. The Balaban J connectivity index is 2.16. The summed E-state index contributed by atoms with van der Waals surface area (Å²) in [4.78, 5) is 24.1. The quantitative estimate of drug-likeness (QED) is 0.594. The van der Waals surface area contributed by atoms with Crippen LogP contribution in [0, 0.1) is 10.1 Å². The van der Waals surface area contributed by atoms with Crippen LogP contribution in [0.15, 0.2) is 29.2 Å². The molecule has 1 aliphatic heterocycles. The van der Waals surface area contributed by atoms with E-state index in [-0.39, 0.29) is 35.1 Å². The number of nitrogens with one attached hydrogen (secondary N) is 1.